The molecule has 1 amide bonds. The summed E-state index contributed by atoms with van der Waals surface area (Å²) in [7, 11) is 1.35. The van der Waals surface area contributed by atoms with Crippen molar-refractivity contribution in [3.05, 3.63) is 0 Å². The molecule has 0 aromatic rings. The van der Waals surface area contributed by atoms with Gasteiger partial charge in [-0.15, -0.1) is 0 Å². The van der Waals surface area contributed by atoms with Gasteiger partial charge in [-0.25, -0.2) is 0 Å². The molecule has 158 valence electrons. The third-order valence-electron chi connectivity index (χ3n) is 4.53. The number of nitrogens with one attached hydrogen (secondary N) is 1. The summed E-state index contributed by atoms with van der Waals surface area (Å²) >= 11 is 0. The van der Waals surface area contributed by atoms with Gasteiger partial charge >= 0.3 is 0 Å². The third kappa shape index (κ3) is 4.92. The quantitative estimate of drug-likeness (QED) is 0.228. The molecule has 0 aromatic heterocycles. The molecule has 7 N–H and O–H groups in total. The zero-order valence-corrected chi connectivity index (χ0v) is 14.9. The van der Waals surface area contributed by atoms with Crippen LogP contribution in [0.25, 0.3) is 0 Å². The number of aliphatic hydroxyl groups is 6. The summed E-state index contributed by atoms with van der Waals surface area (Å²) in [5.74, 6) is -0.529. The van der Waals surface area contributed by atoms with Crippen LogP contribution in [0.4, 0.5) is 0 Å². The van der Waals surface area contributed by atoms with Gasteiger partial charge in [-0.1, -0.05) is 0 Å². The summed E-state index contributed by atoms with van der Waals surface area (Å²) < 4.78 is 21.1. The third-order valence-corrected chi connectivity index (χ3v) is 4.53. The summed E-state index contributed by atoms with van der Waals surface area (Å²) in [5, 5.41) is 62.0. The van der Waals surface area contributed by atoms with E-state index in [-0.39, 0.29) is 6.61 Å². The van der Waals surface area contributed by atoms with E-state index in [1.807, 2.05) is 0 Å². The molecule has 2 fully saturated rings. The van der Waals surface area contributed by atoms with Gasteiger partial charge in [0.15, 0.2) is 12.6 Å². The maximum absolute atomic E-state index is 11.3. The van der Waals surface area contributed by atoms with Crippen molar-refractivity contribution in [2.45, 2.75) is 68.3 Å². The zero-order valence-electron chi connectivity index (χ0n) is 14.9. The van der Waals surface area contributed by atoms with Crippen LogP contribution < -0.4 is 5.32 Å². The molecule has 2 aliphatic rings. The first-order chi connectivity index (χ1) is 12.7. The van der Waals surface area contributed by atoms with E-state index in [1.165, 1.54) is 14.0 Å². The van der Waals surface area contributed by atoms with Gasteiger partial charge in [0.1, 0.15) is 48.8 Å². The standard InChI is InChI=1S/C15H27NO11/c1-5(18)16-8-10(20)13(7(4-24-2)25-14(8)23)27-15-12(22)11(21)9(19)6(3-17)26-15/h6-15,17,19-23H,3-4H2,1-2H3,(H,16,18)/t6-,7-,8-,9-,10+,11-,12-,13+,14+,15-/m0/s1. The van der Waals surface area contributed by atoms with Crippen molar-refractivity contribution in [2.75, 3.05) is 20.3 Å². The largest absolute Gasteiger partial charge is 0.394 e. The average Bonchev–Trinajstić information content (AvgIpc) is 2.61. The predicted octanol–water partition coefficient (Wildman–Crippen LogP) is -4.60. The van der Waals surface area contributed by atoms with E-state index < -0.39 is 73.9 Å². The van der Waals surface area contributed by atoms with E-state index in [9.17, 15) is 35.4 Å². The van der Waals surface area contributed by atoms with Crippen LogP contribution in [-0.4, -0.2) is 118 Å². The smallest absolute Gasteiger partial charge is 0.217 e. The van der Waals surface area contributed by atoms with Crippen LogP contribution in [0.3, 0.4) is 0 Å². The summed E-state index contributed by atoms with van der Waals surface area (Å²) in [4.78, 5) is 11.3. The van der Waals surface area contributed by atoms with Gasteiger partial charge in [-0.05, 0) is 0 Å². The molecule has 2 saturated heterocycles. The number of amides is 1. The highest BCUT2D eigenvalue weighted by Gasteiger charge is 2.50. The van der Waals surface area contributed by atoms with Gasteiger partial charge in [-0.2, -0.15) is 0 Å². The minimum atomic E-state index is -1.69. The highest BCUT2D eigenvalue weighted by molar-refractivity contribution is 5.73. The summed E-state index contributed by atoms with van der Waals surface area (Å²) in [6.45, 7) is 0.431. The van der Waals surface area contributed by atoms with Crippen molar-refractivity contribution in [1.82, 2.24) is 5.32 Å². The van der Waals surface area contributed by atoms with Crippen LogP contribution in [0, 0.1) is 0 Å². The van der Waals surface area contributed by atoms with Crippen molar-refractivity contribution >= 4 is 5.91 Å². The monoisotopic (exact) mass is 397 g/mol. The van der Waals surface area contributed by atoms with E-state index in [0.29, 0.717) is 0 Å². The van der Waals surface area contributed by atoms with E-state index in [4.69, 9.17) is 18.9 Å². The fourth-order valence-corrected chi connectivity index (χ4v) is 3.13. The first-order valence-electron chi connectivity index (χ1n) is 8.44. The maximum Gasteiger partial charge on any atom is 0.217 e. The number of aliphatic hydroxyl groups excluding tert-OH is 6. The Kier molecular flexibility index (Phi) is 7.88. The van der Waals surface area contributed by atoms with E-state index in [2.05, 4.69) is 5.32 Å². The number of ether oxygens (including phenoxy) is 4. The first kappa shape index (κ1) is 22.4. The van der Waals surface area contributed by atoms with Crippen molar-refractivity contribution in [3.8, 4) is 0 Å². The summed E-state index contributed by atoms with van der Waals surface area (Å²) in [5.41, 5.74) is 0. The molecule has 27 heavy (non-hydrogen) atoms. The lowest BCUT2D eigenvalue weighted by atomic mass is 9.95. The fraction of sp³-hybridized carbons (Fsp3) is 0.933. The second kappa shape index (κ2) is 9.52. The Labute approximate surface area is 155 Å². The number of rotatable bonds is 6. The number of carbonyl (C=O) groups excluding carboxylic acids is 1. The molecule has 0 bridgehead atoms. The zero-order chi connectivity index (χ0) is 20.3. The Balaban J connectivity index is 2.19. The maximum atomic E-state index is 11.3. The Morgan fingerprint density at radius 3 is 2.22 bits per heavy atom. The molecule has 0 aromatic carbocycles. The van der Waals surface area contributed by atoms with Crippen LogP contribution in [0.5, 0.6) is 0 Å². The van der Waals surface area contributed by atoms with Crippen molar-refractivity contribution < 1.29 is 54.4 Å². The van der Waals surface area contributed by atoms with Gasteiger partial charge in [-0.3, -0.25) is 4.79 Å². The highest BCUT2D eigenvalue weighted by Crippen LogP contribution is 2.28. The molecule has 2 aliphatic heterocycles. The summed E-state index contributed by atoms with van der Waals surface area (Å²) in [6.07, 6.45) is -12.9. The molecule has 0 aliphatic carbocycles. The molecule has 2 heterocycles. The van der Waals surface area contributed by atoms with Gasteiger partial charge < -0.3 is 54.9 Å². The van der Waals surface area contributed by atoms with Gasteiger partial charge in [0.25, 0.3) is 0 Å². The van der Waals surface area contributed by atoms with Crippen LogP contribution in [0.15, 0.2) is 0 Å². The van der Waals surface area contributed by atoms with Crippen LogP contribution in [-0.2, 0) is 23.7 Å². The molecule has 2 rings (SSSR count). The number of hydrogen-bond donors (Lipinski definition) is 7. The predicted molar refractivity (Wildman–Crippen MR) is 85.0 cm³/mol. The van der Waals surface area contributed by atoms with Gasteiger partial charge in [0.2, 0.25) is 5.91 Å². The SMILES string of the molecule is COC[C@@H]1O[C@@H](O)[C@@H](NC(C)=O)[C@@H](O)[C@@H]1O[C@@H]1O[C@@H](CO)[C@H](O)[C@H](O)[C@@H]1O. The molecule has 12 heteroatoms. The first-order valence-corrected chi connectivity index (χ1v) is 8.44. The number of hydrogen-bond acceptors (Lipinski definition) is 11. The van der Waals surface area contributed by atoms with Crippen LogP contribution in [0.1, 0.15) is 6.92 Å². The summed E-state index contributed by atoms with van der Waals surface area (Å²) in [6, 6.07) is -1.23. The van der Waals surface area contributed by atoms with Crippen LogP contribution >= 0.6 is 0 Å². The van der Waals surface area contributed by atoms with E-state index in [1.54, 1.807) is 0 Å². The van der Waals surface area contributed by atoms with Crippen molar-refractivity contribution in [2.24, 2.45) is 0 Å². The lowest BCUT2D eigenvalue weighted by Crippen LogP contribution is -2.67. The normalized spacial score (nSPS) is 45.5. The van der Waals surface area contributed by atoms with Crippen molar-refractivity contribution in [3.63, 3.8) is 0 Å². The lowest BCUT2D eigenvalue weighted by molar-refractivity contribution is -0.345. The van der Waals surface area contributed by atoms with E-state index in [0.717, 1.165) is 0 Å². The molecule has 0 radical (unpaired) electrons. The van der Waals surface area contributed by atoms with Gasteiger partial charge in [0, 0.05) is 14.0 Å². The topological polar surface area (TPSA) is 187 Å². The minimum Gasteiger partial charge on any atom is -0.394 e. The second-order valence-corrected chi connectivity index (χ2v) is 6.54. The Morgan fingerprint density at radius 2 is 1.67 bits per heavy atom. The average molecular weight is 397 g/mol. The Morgan fingerprint density at radius 1 is 1.00 bits per heavy atom. The number of carbonyl (C=O) groups is 1. The lowest BCUT2D eigenvalue weighted by Gasteiger charge is -2.46. The molecule has 12 nitrogen and oxygen atoms in total. The Hall–Kier alpha value is -0.930. The van der Waals surface area contributed by atoms with Crippen molar-refractivity contribution in [1.29, 1.82) is 0 Å². The highest BCUT2D eigenvalue weighted by atomic mass is 16.7. The molecule has 0 spiro atoms. The molecular weight excluding hydrogens is 370 g/mol. The van der Waals surface area contributed by atoms with Crippen LogP contribution in [0.2, 0.25) is 0 Å². The fourth-order valence-electron chi connectivity index (χ4n) is 3.13. The molecule has 0 saturated carbocycles. The van der Waals surface area contributed by atoms with E-state index >= 15 is 0 Å². The van der Waals surface area contributed by atoms with Gasteiger partial charge in [0.05, 0.1) is 13.2 Å². The minimum absolute atomic E-state index is 0.108. The molecular formula is C15H27NO11. The number of methoxy groups -OCH3 is 1. The molecule has 0 unspecified atom stereocenters. The second-order valence-electron chi connectivity index (χ2n) is 6.54. The molecule has 10 atom stereocenters. The Bertz CT molecular complexity index is 492.